The first-order valence-corrected chi connectivity index (χ1v) is 15.5. The first kappa shape index (κ1) is 30.0. The van der Waals surface area contributed by atoms with E-state index in [1.54, 1.807) is 17.0 Å². The van der Waals surface area contributed by atoms with Gasteiger partial charge >= 0.3 is 0 Å². The third-order valence-electron chi connectivity index (χ3n) is 8.14. The lowest BCUT2D eigenvalue weighted by Gasteiger charge is -2.29. The summed E-state index contributed by atoms with van der Waals surface area (Å²) in [5.74, 6) is -3.52. The number of carbonyl (C=O) groups excluding carboxylic acids is 2. The van der Waals surface area contributed by atoms with Crippen molar-refractivity contribution >= 4 is 23.2 Å². The van der Waals surface area contributed by atoms with Crippen LogP contribution >= 0.6 is 11.3 Å². The molecule has 12 heteroatoms. The summed E-state index contributed by atoms with van der Waals surface area (Å²) in [4.78, 5) is 38.4. The van der Waals surface area contributed by atoms with Crippen molar-refractivity contribution in [1.82, 2.24) is 25.5 Å². The first-order valence-electron chi connectivity index (χ1n) is 14.6. The molecule has 0 radical (unpaired) electrons. The molecule has 44 heavy (non-hydrogen) atoms. The Morgan fingerprint density at radius 3 is 2.70 bits per heavy atom. The number of nitrogens with one attached hydrogen (secondary N) is 2. The van der Waals surface area contributed by atoms with Crippen molar-refractivity contribution in [2.24, 2.45) is 0 Å². The lowest BCUT2D eigenvalue weighted by atomic mass is 9.94. The number of halogens is 2. The first-order chi connectivity index (χ1) is 21.2. The van der Waals surface area contributed by atoms with Gasteiger partial charge in [-0.25, -0.2) is 18.7 Å². The number of likely N-dealkylation sites (tertiary alicyclic amines) is 1. The molecule has 0 aliphatic carbocycles. The monoisotopic (exact) mass is 621 g/mol. The summed E-state index contributed by atoms with van der Waals surface area (Å²) < 4.78 is 33.5. The average Bonchev–Trinajstić information content (AvgIpc) is 3.84. The summed E-state index contributed by atoms with van der Waals surface area (Å²) in [7, 11) is 0. The maximum absolute atomic E-state index is 14.0. The molecule has 2 aromatic heterocycles. The van der Waals surface area contributed by atoms with Crippen LogP contribution in [0, 0.1) is 6.92 Å². The highest BCUT2D eigenvalue weighted by molar-refractivity contribution is 7.09. The predicted octanol–water partition coefficient (Wildman–Crippen LogP) is 4.78. The van der Waals surface area contributed by atoms with Gasteiger partial charge in [-0.05, 0) is 49.9 Å². The Bertz CT molecular complexity index is 1610. The van der Waals surface area contributed by atoms with E-state index in [1.165, 1.54) is 29.9 Å². The van der Waals surface area contributed by atoms with Gasteiger partial charge in [0, 0.05) is 46.8 Å². The fraction of sp³-hybridized carbons (Fsp3) is 0.375. The van der Waals surface area contributed by atoms with Gasteiger partial charge in [-0.3, -0.25) is 9.59 Å². The number of thiazole rings is 1. The van der Waals surface area contributed by atoms with Crippen molar-refractivity contribution in [1.29, 1.82) is 0 Å². The molecule has 2 aliphatic rings. The van der Waals surface area contributed by atoms with E-state index in [4.69, 9.17) is 4.42 Å². The summed E-state index contributed by atoms with van der Waals surface area (Å²) in [6.07, 6.45) is 2.88. The molecule has 2 aromatic carbocycles. The van der Waals surface area contributed by atoms with Gasteiger partial charge in [-0.15, -0.1) is 11.3 Å². The van der Waals surface area contributed by atoms with Gasteiger partial charge in [0.05, 0.1) is 30.9 Å². The zero-order valence-corrected chi connectivity index (χ0v) is 24.9. The van der Waals surface area contributed by atoms with E-state index in [2.05, 4.69) is 20.6 Å². The van der Waals surface area contributed by atoms with Crippen LogP contribution < -0.4 is 10.6 Å². The molecule has 4 aromatic rings. The van der Waals surface area contributed by atoms with Crippen LogP contribution in [0.5, 0.6) is 0 Å². The molecular formula is C32H33F2N5O4S. The third-order valence-corrected chi connectivity index (χ3v) is 9.20. The number of hydrogen-bond donors (Lipinski definition) is 3. The number of alkyl halides is 2. The predicted molar refractivity (Wildman–Crippen MR) is 161 cm³/mol. The number of aromatic nitrogens is 2. The van der Waals surface area contributed by atoms with Crippen molar-refractivity contribution in [3.63, 3.8) is 0 Å². The summed E-state index contributed by atoms with van der Waals surface area (Å²) in [6.45, 7) is 1.93. The molecule has 0 bridgehead atoms. The number of amides is 2. The van der Waals surface area contributed by atoms with E-state index in [-0.39, 0.29) is 35.4 Å². The number of hydrogen-bond acceptors (Lipinski definition) is 8. The van der Waals surface area contributed by atoms with Gasteiger partial charge in [0.15, 0.2) is 0 Å². The normalized spacial score (nSPS) is 20.9. The van der Waals surface area contributed by atoms with E-state index < -0.39 is 43.0 Å². The minimum absolute atomic E-state index is 0.153. The highest BCUT2D eigenvalue weighted by atomic mass is 32.1. The minimum atomic E-state index is -2.95. The zero-order chi connectivity index (χ0) is 30.8. The number of rotatable bonds is 9. The largest absolute Gasteiger partial charge is 0.445 e. The third kappa shape index (κ3) is 6.57. The Labute approximate surface area is 257 Å². The van der Waals surface area contributed by atoms with Crippen molar-refractivity contribution in [2.45, 2.75) is 62.8 Å². The molecule has 2 unspecified atom stereocenters. The van der Waals surface area contributed by atoms with Gasteiger partial charge < -0.3 is 25.1 Å². The molecule has 0 spiro atoms. The Morgan fingerprint density at radius 1 is 1.23 bits per heavy atom. The molecule has 230 valence electrons. The molecule has 0 saturated carbocycles. The SMILES string of the molecule is Cc1csc(C2CCCN2C(=O)c2cc(C(=O)N[C@@H](Cc3ccccc3)[C@H](O)C3CC(F)(F)CN3)cc(-c3ncco3)c2)n1. The van der Waals surface area contributed by atoms with Crippen LogP contribution in [-0.2, 0) is 6.42 Å². The zero-order valence-electron chi connectivity index (χ0n) is 24.1. The maximum Gasteiger partial charge on any atom is 0.261 e. The topological polar surface area (TPSA) is 121 Å². The summed E-state index contributed by atoms with van der Waals surface area (Å²) in [6, 6.07) is 12.0. The Morgan fingerprint density at radius 2 is 2.02 bits per heavy atom. The molecule has 6 rings (SSSR count). The lowest BCUT2D eigenvalue weighted by molar-refractivity contribution is 0.0112. The molecule has 2 saturated heterocycles. The van der Waals surface area contributed by atoms with E-state index in [0.29, 0.717) is 12.1 Å². The average molecular weight is 622 g/mol. The molecule has 2 fully saturated rings. The van der Waals surface area contributed by atoms with E-state index >= 15 is 0 Å². The van der Waals surface area contributed by atoms with Crippen LogP contribution in [0.3, 0.4) is 0 Å². The second-order valence-corrected chi connectivity index (χ2v) is 12.3. The minimum Gasteiger partial charge on any atom is -0.445 e. The van der Waals surface area contributed by atoms with E-state index in [9.17, 15) is 23.5 Å². The quantitative estimate of drug-likeness (QED) is 0.246. The molecule has 2 aliphatic heterocycles. The van der Waals surface area contributed by atoms with Crippen LogP contribution in [0.4, 0.5) is 8.78 Å². The molecule has 2 amide bonds. The summed E-state index contributed by atoms with van der Waals surface area (Å²) in [5.41, 5.74) is 2.59. The van der Waals surface area contributed by atoms with Crippen molar-refractivity contribution in [3.05, 3.63) is 93.8 Å². The van der Waals surface area contributed by atoms with E-state index in [0.717, 1.165) is 29.1 Å². The van der Waals surface area contributed by atoms with E-state index in [1.807, 2.05) is 42.6 Å². The summed E-state index contributed by atoms with van der Waals surface area (Å²) in [5, 5.41) is 19.6. The fourth-order valence-corrected chi connectivity index (χ4v) is 6.92. The van der Waals surface area contributed by atoms with Crippen LogP contribution in [0.2, 0.25) is 0 Å². The number of oxazole rings is 1. The Balaban J connectivity index is 1.30. The number of aryl methyl sites for hydroxylation is 1. The molecule has 3 N–H and O–H groups in total. The van der Waals surface area contributed by atoms with Crippen LogP contribution in [-0.4, -0.2) is 69.0 Å². The van der Waals surface area contributed by atoms with Crippen LogP contribution in [0.25, 0.3) is 11.5 Å². The second kappa shape index (κ2) is 12.5. The Hall–Kier alpha value is -4.00. The van der Waals surface area contributed by atoms with Gasteiger partial charge in [0.25, 0.3) is 17.7 Å². The standard InChI is InChI=1S/C32H33F2N5O4S/c1-19-17-44-30(37-19)26-8-5-10-39(26)31(42)23-14-21(13-22(15-23)29-35-9-11-43-29)28(41)38-24(12-20-6-3-2-4-7-20)27(40)25-16-32(33,34)18-36-25/h2-4,6-7,9,11,13-15,17,24-27,36,40H,5,8,10,12,16,18H2,1H3,(H,38,41)/t24-,25?,26?,27-/m0/s1. The Kier molecular flexibility index (Phi) is 8.57. The molecule has 4 atom stereocenters. The van der Waals surface area contributed by atoms with Crippen LogP contribution in [0.1, 0.15) is 62.3 Å². The highest BCUT2D eigenvalue weighted by Crippen LogP contribution is 2.35. The molecule has 9 nitrogen and oxygen atoms in total. The molecule has 4 heterocycles. The van der Waals surface area contributed by atoms with Gasteiger partial charge in [-0.2, -0.15) is 0 Å². The fourth-order valence-electron chi connectivity index (χ4n) is 5.97. The van der Waals surface area contributed by atoms with Gasteiger partial charge in [0.1, 0.15) is 11.3 Å². The smallest absolute Gasteiger partial charge is 0.261 e. The number of aliphatic hydroxyl groups excluding tert-OH is 1. The van der Waals surface area contributed by atoms with Crippen molar-refractivity contribution in [3.8, 4) is 11.5 Å². The van der Waals surface area contributed by atoms with Crippen molar-refractivity contribution < 1.29 is 27.9 Å². The molecular weight excluding hydrogens is 588 g/mol. The second-order valence-electron chi connectivity index (χ2n) is 11.4. The van der Waals surface area contributed by atoms with Gasteiger partial charge in [0.2, 0.25) is 5.89 Å². The maximum atomic E-state index is 14.0. The number of nitrogens with zero attached hydrogens (tertiary/aromatic N) is 3. The van der Waals surface area contributed by atoms with Crippen LogP contribution in [0.15, 0.2) is 70.8 Å². The van der Waals surface area contributed by atoms with Crippen molar-refractivity contribution in [2.75, 3.05) is 13.1 Å². The lowest BCUT2D eigenvalue weighted by Crippen LogP contribution is -2.52. The van der Waals surface area contributed by atoms with Gasteiger partial charge in [-0.1, -0.05) is 30.3 Å². The number of carbonyl (C=O) groups is 2. The number of aliphatic hydroxyl groups is 1. The number of benzene rings is 2. The summed E-state index contributed by atoms with van der Waals surface area (Å²) >= 11 is 1.52. The highest BCUT2D eigenvalue weighted by Gasteiger charge is 2.44.